The minimum Gasteiger partial charge on any atom is -0.365 e. The Morgan fingerprint density at radius 2 is 1.50 bits per heavy atom. The van der Waals surface area contributed by atoms with E-state index in [9.17, 15) is 0 Å². The Morgan fingerprint density at radius 1 is 0.808 bits per heavy atom. The Hall–Kier alpha value is -2.84. The van der Waals surface area contributed by atoms with E-state index in [-0.39, 0.29) is 12.4 Å². The number of hydrogen-bond donors (Lipinski definition) is 1. The minimum atomic E-state index is 0. The lowest BCUT2D eigenvalue weighted by Gasteiger charge is -2.12. The van der Waals surface area contributed by atoms with E-state index < -0.39 is 0 Å². The van der Waals surface area contributed by atoms with Gasteiger partial charge in [0.25, 0.3) is 0 Å². The second-order valence-electron chi connectivity index (χ2n) is 6.29. The molecule has 0 atom stereocenters. The van der Waals surface area contributed by atoms with Crippen LogP contribution < -0.4 is 5.32 Å². The quantitative estimate of drug-likeness (QED) is 0.465. The highest BCUT2D eigenvalue weighted by atomic mass is 35.5. The summed E-state index contributed by atoms with van der Waals surface area (Å²) in [5.74, 6) is 0.931. The Labute approximate surface area is 160 Å². The van der Waals surface area contributed by atoms with Gasteiger partial charge in [0.15, 0.2) is 0 Å². The van der Waals surface area contributed by atoms with Crippen molar-refractivity contribution in [2.45, 2.75) is 13.5 Å². The van der Waals surface area contributed by atoms with Crippen LogP contribution >= 0.6 is 12.4 Å². The highest BCUT2D eigenvalue weighted by Gasteiger charge is 2.08. The SMILES string of the molecule is Cc1ccc2c(NCc3ccccc3)nc(-c3ccccc3)cc2c1.Cl. The van der Waals surface area contributed by atoms with Crippen molar-refractivity contribution in [1.82, 2.24) is 4.98 Å². The van der Waals surface area contributed by atoms with Crippen LogP contribution in [0.5, 0.6) is 0 Å². The van der Waals surface area contributed by atoms with Crippen molar-refractivity contribution < 1.29 is 0 Å². The molecule has 0 aliphatic rings. The van der Waals surface area contributed by atoms with Gasteiger partial charge < -0.3 is 5.32 Å². The maximum Gasteiger partial charge on any atom is 0.134 e. The summed E-state index contributed by atoms with van der Waals surface area (Å²) in [5, 5.41) is 5.89. The van der Waals surface area contributed by atoms with Gasteiger partial charge in [-0.25, -0.2) is 4.98 Å². The van der Waals surface area contributed by atoms with Crippen LogP contribution in [0.25, 0.3) is 22.0 Å². The van der Waals surface area contributed by atoms with Crippen molar-refractivity contribution in [1.29, 1.82) is 0 Å². The lowest BCUT2D eigenvalue weighted by molar-refractivity contribution is 1.12. The molecule has 0 amide bonds. The van der Waals surface area contributed by atoms with Crippen LogP contribution in [-0.4, -0.2) is 4.98 Å². The molecule has 2 nitrogen and oxygen atoms in total. The first-order chi connectivity index (χ1) is 12.3. The summed E-state index contributed by atoms with van der Waals surface area (Å²) in [7, 11) is 0. The number of hydrogen-bond acceptors (Lipinski definition) is 2. The number of nitrogens with zero attached hydrogens (tertiary/aromatic N) is 1. The number of aryl methyl sites for hydroxylation is 1. The molecule has 4 aromatic rings. The third-order valence-corrected chi connectivity index (χ3v) is 4.36. The topological polar surface area (TPSA) is 24.9 Å². The van der Waals surface area contributed by atoms with Gasteiger partial charge in [0.2, 0.25) is 0 Å². The van der Waals surface area contributed by atoms with Crippen molar-refractivity contribution in [2.24, 2.45) is 0 Å². The van der Waals surface area contributed by atoms with Gasteiger partial charge in [-0.2, -0.15) is 0 Å². The molecule has 0 aliphatic heterocycles. The van der Waals surface area contributed by atoms with Gasteiger partial charge in [-0.15, -0.1) is 12.4 Å². The molecule has 0 unspecified atom stereocenters. The summed E-state index contributed by atoms with van der Waals surface area (Å²) < 4.78 is 0. The summed E-state index contributed by atoms with van der Waals surface area (Å²) in [6, 6.07) is 29.4. The fraction of sp³-hybridized carbons (Fsp3) is 0.0870. The number of nitrogens with one attached hydrogen (secondary N) is 1. The molecule has 1 heterocycles. The number of benzene rings is 3. The summed E-state index contributed by atoms with van der Waals surface area (Å²) >= 11 is 0. The molecule has 0 bridgehead atoms. The second kappa shape index (κ2) is 8.03. The van der Waals surface area contributed by atoms with Crippen LogP contribution in [0.1, 0.15) is 11.1 Å². The molecular formula is C23H21ClN2. The molecule has 1 aromatic heterocycles. The number of fused-ring (bicyclic) bond motifs is 1. The van der Waals surface area contributed by atoms with Gasteiger partial charge in [0.1, 0.15) is 5.82 Å². The average Bonchev–Trinajstić information content (AvgIpc) is 2.67. The molecule has 3 heteroatoms. The molecule has 3 aromatic carbocycles. The zero-order valence-corrected chi connectivity index (χ0v) is 15.5. The lowest BCUT2D eigenvalue weighted by Crippen LogP contribution is -2.03. The van der Waals surface area contributed by atoms with Crippen molar-refractivity contribution in [3.05, 3.63) is 96.1 Å². The maximum atomic E-state index is 4.90. The second-order valence-corrected chi connectivity index (χ2v) is 6.29. The van der Waals surface area contributed by atoms with E-state index in [2.05, 4.69) is 85.0 Å². The van der Waals surface area contributed by atoms with Crippen LogP contribution in [0.15, 0.2) is 84.9 Å². The van der Waals surface area contributed by atoms with Crippen LogP contribution in [0.3, 0.4) is 0 Å². The third-order valence-electron chi connectivity index (χ3n) is 4.36. The number of aromatic nitrogens is 1. The van der Waals surface area contributed by atoms with Crippen molar-refractivity contribution in [3.8, 4) is 11.3 Å². The maximum absolute atomic E-state index is 4.90. The molecule has 4 rings (SSSR count). The van der Waals surface area contributed by atoms with Gasteiger partial charge in [-0.05, 0) is 23.9 Å². The molecule has 26 heavy (non-hydrogen) atoms. The van der Waals surface area contributed by atoms with Gasteiger partial charge in [0.05, 0.1) is 5.69 Å². The van der Waals surface area contributed by atoms with E-state index in [4.69, 9.17) is 4.98 Å². The fourth-order valence-electron chi connectivity index (χ4n) is 3.05. The Balaban J connectivity index is 0.00000196. The highest BCUT2D eigenvalue weighted by Crippen LogP contribution is 2.28. The fourth-order valence-corrected chi connectivity index (χ4v) is 3.05. The number of rotatable bonds is 4. The molecule has 0 fully saturated rings. The lowest BCUT2D eigenvalue weighted by atomic mass is 10.0. The summed E-state index contributed by atoms with van der Waals surface area (Å²) in [5.41, 5.74) is 4.63. The largest absolute Gasteiger partial charge is 0.365 e. The van der Waals surface area contributed by atoms with E-state index in [1.165, 1.54) is 16.5 Å². The van der Waals surface area contributed by atoms with Crippen LogP contribution in [0.4, 0.5) is 5.82 Å². The predicted molar refractivity (Wildman–Crippen MR) is 113 cm³/mol. The van der Waals surface area contributed by atoms with E-state index in [0.717, 1.165) is 29.0 Å². The third kappa shape index (κ3) is 3.87. The minimum absolute atomic E-state index is 0. The molecular weight excluding hydrogens is 340 g/mol. The highest BCUT2D eigenvalue weighted by molar-refractivity contribution is 5.95. The zero-order valence-electron chi connectivity index (χ0n) is 14.6. The number of pyridine rings is 1. The van der Waals surface area contributed by atoms with E-state index in [0.29, 0.717) is 0 Å². The number of halogens is 1. The van der Waals surface area contributed by atoms with Gasteiger partial charge in [-0.3, -0.25) is 0 Å². The van der Waals surface area contributed by atoms with E-state index >= 15 is 0 Å². The first kappa shape index (κ1) is 18.0. The van der Waals surface area contributed by atoms with Crippen molar-refractivity contribution >= 4 is 29.0 Å². The summed E-state index contributed by atoms with van der Waals surface area (Å²) in [6.45, 7) is 2.88. The molecule has 0 radical (unpaired) electrons. The van der Waals surface area contributed by atoms with Crippen LogP contribution in [0.2, 0.25) is 0 Å². The Kier molecular flexibility index (Phi) is 5.55. The average molecular weight is 361 g/mol. The molecule has 0 aliphatic carbocycles. The zero-order chi connectivity index (χ0) is 17.1. The first-order valence-electron chi connectivity index (χ1n) is 8.54. The standard InChI is InChI=1S/C23H20N2.ClH/c1-17-12-13-21-20(14-17)15-22(19-10-6-3-7-11-19)25-23(21)24-16-18-8-4-2-5-9-18;/h2-15H,16H2,1H3,(H,24,25);1H. The van der Waals surface area contributed by atoms with Crippen molar-refractivity contribution in [3.63, 3.8) is 0 Å². The van der Waals surface area contributed by atoms with E-state index in [1.807, 2.05) is 12.1 Å². The number of anilines is 1. The van der Waals surface area contributed by atoms with Crippen LogP contribution in [0, 0.1) is 6.92 Å². The van der Waals surface area contributed by atoms with Crippen LogP contribution in [-0.2, 0) is 6.54 Å². The Bertz CT molecular complexity index is 999. The molecule has 1 N–H and O–H groups in total. The van der Waals surface area contributed by atoms with Gasteiger partial charge >= 0.3 is 0 Å². The van der Waals surface area contributed by atoms with Crippen molar-refractivity contribution in [2.75, 3.05) is 5.32 Å². The monoisotopic (exact) mass is 360 g/mol. The predicted octanol–water partition coefficient (Wildman–Crippen LogP) is 6.24. The normalized spacial score (nSPS) is 10.3. The molecule has 0 spiro atoms. The van der Waals surface area contributed by atoms with Gasteiger partial charge in [0, 0.05) is 17.5 Å². The smallest absolute Gasteiger partial charge is 0.134 e. The molecule has 130 valence electrons. The summed E-state index contributed by atoms with van der Waals surface area (Å²) in [6.07, 6.45) is 0. The molecule has 0 saturated carbocycles. The summed E-state index contributed by atoms with van der Waals surface area (Å²) in [4.78, 5) is 4.90. The van der Waals surface area contributed by atoms with Gasteiger partial charge in [-0.1, -0.05) is 84.4 Å². The van der Waals surface area contributed by atoms with E-state index in [1.54, 1.807) is 0 Å². The molecule has 0 saturated heterocycles. The Morgan fingerprint density at radius 3 is 2.23 bits per heavy atom. The first-order valence-corrected chi connectivity index (χ1v) is 8.54.